The van der Waals surface area contributed by atoms with Gasteiger partial charge in [0.15, 0.2) is 0 Å². The van der Waals surface area contributed by atoms with Crippen LogP contribution in [0.5, 0.6) is 0 Å². The molecule has 0 aliphatic carbocycles. The molecule has 3 aromatic heterocycles. The Morgan fingerprint density at radius 3 is 2.22 bits per heavy atom. The number of fused-ring (bicyclic) bond motifs is 1. The highest BCUT2D eigenvalue weighted by Gasteiger charge is 2.10. The van der Waals surface area contributed by atoms with Crippen LogP contribution in [-0.4, -0.2) is 9.97 Å². The zero-order chi connectivity index (χ0) is 16.0. The Morgan fingerprint density at radius 2 is 1.48 bits per heavy atom. The second kappa shape index (κ2) is 5.71. The van der Waals surface area contributed by atoms with Gasteiger partial charge in [-0.25, -0.2) is 4.98 Å². The van der Waals surface area contributed by atoms with Crippen molar-refractivity contribution >= 4 is 45.3 Å². The highest BCUT2D eigenvalue weighted by atomic mass is 35.5. The zero-order valence-corrected chi connectivity index (χ0v) is 15.0. The van der Waals surface area contributed by atoms with E-state index in [0.29, 0.717) is 0 Å². The van der Waals surface area contributed by atoms with Gasteiger partial charge in [-0.2, -0.15) is 0 Å². The molecule has 0 spiro atoms. The lowest BCUT2D eigenvalue weighted by Gasteiger charge is -2.04. The quantitative estimate of drug-likeness (QED) is 0.417. The van der Waals surface area contributed by atoms with Crippen LogP contribution in [0, 0.1) is 13.8 Å². The van der Waals surface area contributed by atoms with Crippen molar-refractivity contribution in [2.24, 2.45) is 0 Å². The third kappa shape index (κ3) is 2.78. The Bertz CT molecular complexity index is 1020. The number of aromatic nitrogens is 2. The van der Waals surface area contributed by atoms with E-state index in [4.69, 9.17) is 16.6 Å². The molecular weight excluding hydrogens is 344 g/mol. The molecule has 0 amide bonds. The molecule has 0 aliphatic heterocycles. The predicted octanol–water partition coefficient (Wildman–Crippen LogP) is 6.36. The van der Waals surface area contributed by atoms with Crippen molar-refractivity contribution in [1.82, 2.24) is 9.97 Å². The maximum absolute atomic E-state index is 6.03. The van der Waals surface area contributed by atoms with E-state index in [2.05, 4.69) is 49.2 Å². The lowest BCUT2D eigenvalue weighted by molar-refractivity contribution is 1.27. The summed E-state index contributed by atoms with van der Waals surface area (Å²) >= 11 is 9.34. The lowest BCUT2D eigenvalue weighted by atomic mass is 10.1. The number of nitrogens with zero attached hydrogens (tertiary/aromatic N) is 2. The van der Waals surface area contributed by atoms with Crippen molar-refractivity contribution in [3.63, 3.8) is 0 Å². The average molecular weight is 357 g/mol. The van der Waals surface area contributed by atoms with Crippen LogP contribution in [0.2, 0.25) is 4.34 Å². The predicted molar refractivity (Wildman–Crippen MR) is 101 cm³/mol. The highest BCUT2D eigenvalue weighted by Crippen LogP contribution is 2.38. The Labute approximate surface area is 147 Å². The van der Waals surface area contributed by atoms with Crippen LogP contribution in [0.15, 0.2) is 42.6 Å². The fraction of sp³-hybridized carbons (Fsp3) is 0.111. The van der Waals surface area contributed by atoms with Crippen molar-refractivity contribution in [2.75, 3.05) is 0 Å². The second-order valence-corrected chi connectivity index (χ2v) is 8.25. The van der Waals surface area contributed by atoms with Gasteiger partial charge >= 0.3 is 0 Å². The van der Waals surface area contributed by atoms with Gasteiger partial charge in [0.05, 0.1) is 32.1 Å². The molecule has 0 saturated heterocycles. The SMILES string of the molecule is Cc1cc2ncc(-c3ccc(-c4ccc(Cl)s4)s3)nc2cc1C. The number of hydrogen-bond donors (Lipinski definition) is 0. The molecule has 0 aliphatic rings. The van der Waals surface area contributed by atoms with Gasteiger partial charge in [0.1, 0.15) is 0 Å². The third-order valence-corrected chi connectivity index (χ3v) is 6.37. The molecule has 0 fully saturated rings. The van der Waals surface area contributed by atoms with E-state index in [0.717, 1.165) is 25.9 Å². The maximum Gasteiger partial charge on any atom is 0.0992 e. The number of aryl methyl sites for hydroxylation is 2. The third-order valence-electron chi connectivity index (χ3n) is 3.83. The Kier molecular flexibility index (Phi) is 3.68. The summed E-state index contributed by atoms with van der Waals surface area (Å²) in [7, 11) is 0. The molecule has 4 aromatic rings. The fourth-order valence-electron chi connectivity index (χ4n) is 2.44. The second-order valence-electron chi connectivity index (χ2n) is 5.45. The molecular formula is C18H13ClN2S2. The van der Waals surface area contributed by atoms with E-state index in [1.54, 1.807) is 22.7 Å². The molecule has 0 bridgehead atoms. The van der Waals surface area contributed by atoms with E-state index >= 15 is 0 Å². The van der Waals surface area contributed by atoms with Gasteiger partial charge < -0.3 is 0 Å². The number of benzene rings is 1. The van der Waals surface area contributed by atoms with E-state index < -0.39 is 0 Å². The lowest BCUT2D eigenvalue weighted by Crippen LogP contribution is -1.90. The first-order chi connectivity index (χ1) is 11.1. The molecule has 5 heteroatoms. The zero-order valence-electron chi connectivity index (χ0n) is 12.6. The minimum Gasteiger partial charge on any atom is -0.252 e. The molecule has 114 valence electrons. The van der Waals surface area contributed by atoms with Crippen molar-refractivity contribution in [2.45, 2.75) is 13.8 Å². The molecule has 23 heavy (non-hydrogen) atoms. The Morgan fingerprint density at radius 1 is 0.826 bits per heavy atom. The van der Waals surface area contributed by atoms with Gasteiger partial charge in [0, 0.05) is 9.75 Å². The summed E-state index contributed by atoms with van der Waals surface area (Å²) < 4.78 is 0.811. The van der Waals surface area contributed by atoms with E-state index in [1.807, 2.05) is 12.3 Å². The van der Waals surface area contributed by atoms with Crippen LogP contribution in [0.1, 0.15) is 11.1 Å². The Hall–Kier alpha value is -1.75. The molecule has 4 rings (SSSR count). The normalized spacial score (nSPS) is 11.3. The average Bonchev–Trinajstić information content (AvgIpc) is 3.17. The maximum atomic E-state index is 6.03. The summed E-state index contributed by atoms with van der Waals surface area (Å²) in [5.74, 6) is 0. The molecule has 2 nitrogen and oxygen atoms in total. The van der Waals surface area contributed by atoms with Crippen LogP contribution in [0.25, 0.3) is 31.4 Å². The molecule has 1 aromatic carbocycles. The molecule has 3 heterocycles. The van der Waals surface area contributed by atoms with Crippen LogP contribution in [0.4, 0.5) is 0 Å². The number of rotatable bonds is 2. The van der Waals surface area contributed by atoms with Crippen LogP contribution < -0.4 is 0 Å². The first kappa shape index (κ1) is 14.8. The van der Waals surface area contributed by atoms with Crippen LogP contribution in [0.3, 0.4) is 0 Å². The minimum atomic E-state index is 0.811. The van der Waals surface area contributed by atoms with Gasteiger partial charge in [-0.1, -0.05) is 11.6 Å². The Balaban J connectivity index is 1.77. The standard InChI is InChI=1S/C18H13ClN2S2/c1-10-7-12-13(8-11(10)2)21-14(9-20-12)15-3-4-16(22-15)17-5-6-18(19)23-17/h3-9H,1-2H3. The summed E-state index contributed by atoms with van der Waals surface area (Å²) in [6.07, 6.45) is 1.86. The van der Waals surface area contributed by atoms with Gasteiger partial charge in [0.2, 0.25) is 0 Å². The van der Waals surface area contributed by atoms with Gasteiger partial charge in [0.25, 0.3) is 0 Å². The molecule has 0 saturated carbocycles. The number of hydrogen-bond acceptors (Lipinski definition) is 4. The van der Waals surface area contributed by atoms with Crippen molar-refractivity contribution < 1.29 is 0 Å². The first-order valence-corrected chi connectivity index (χ1v) is 9.21. The van der Waals surface area contributed by atoms with Gasteiger partial charge in [-0.3, -0.25) is 4.98 Å². The summed E-state index contributed by atoms with van der Waals surface area (Å²) in [6.45, 7) is 4.20. The number of halogens is 1. The van der Waals surface area contributed by atoms with Gasteiger partial charge in [-0.15, -0.1) is 22.7 Å². The molecule has 0 radical (unpaired) electrons. The topological polar surface area (TPSA) is 25.8 Å². The minimum absolute atomic E-state index is 0.811. The summed E-state index contributed by atoms with van der Waals surface area (Å²) in [6, 6.07) is 12.4. The first-order valence-electron chi connectivity index (χ1n) is 7.20. The van der Waals surface area contributed by atoms with Crippen molar-refractivity contribution in [3.05, 3.63) is 58.1 Å². The van der Waals surface area contributed by atoms with Crippen LogP contribution in [-0.2, 0) is 0 Å². The van der Waals surface area contributed by atoms with Gasteiger partial charge in [-0.05, 0) is 61.4 Å². The monoisotopic (exact) mass is 356 g/mol. The summed E-state index contributed by atoms with van der Waals surface area (Å²) in [5.41, 5.74) is 5.29. The smallest absolute Gasteiger partial charge is 0.0992 e. The summed E-state index contributed by atoms with van der Waals surface area (Å²) in [4.78, 5) is 12.9. The van der Waals surface area contributed by atoms with Crippen molar-refractivity contribution in [1.29, 1.82) is 0 Å². The van der Waals surface area contributed by atoms with E-state index in [1.165, 1.54) is 20.9 Å². The molecule has 0 unspecified atom stereocenters. The summed E-state index contributed by atoms with van der Waals surface area (Å²) in [5, 5.41) is 0. The largest absolute Gasteiger partial charge is 0.252 e. The number of thiophene rings is 2. The van der Waals surface area contributed by atoms with Crippen molar-refractivity contribution in [3.8, 4) is 20.3 Å². The highest BCUT2D eigenvalue weighted by molar-refractivity contribution is 7.25. The van der Waals surface area contributed by atoms with E-state index in [9.17, 15) is 0 Å². The fourth-order valence-corrected chi connectivity index (χ4v) is 4.54. The molecule has 0 atom stereocenters. The van der Waals surface area contributed by atoms with E-state index in [-0.39, 0.29) is 0 Å². The molecule has 0 N–H and O–H groups in total. The van der Waals surface area contributed by atoms with Crippen LogP contribution >= 0.6 is 34.3 Å².